The molecule has 0 aromatic heterocycles. The van der Waals surface area contributed by atoms with E-state index in [0.717, 1.165) is 0 Å². The van der Waals surface area contributed by atoms with E-state index < -0.39 is 29.0 Å². The number of halogens is 2. The first-order valence-electron chi connectivity index (χ1n) is 5.81. The zero-order chi connectivity index (χ0) is 14.8. The van der Waals surface area contributed by atoms with Crippen molar-refractivity contribution in [3.8, 4) is 11.5 Å². The van der Waals surface area contributed by atoms with Gasteiger partial charge in [0.2, 0.25) is 10.0 Å². The van der Waals surface area contributed by atoms with E-state index in [1.54, 1.807) is 0 Å². The lowest BCUT2D eigenvalue weighted by Gasteiger charge is -2.19. The number of hydrogen-bond acceptors (Lipinski definition) is 5. The van der Waals surface area contributed by atoms with E-state index in [0.29, 0.717) is 19.0 Å². The molecule has 1 heterocycles. The molecule has 3 N–H and O–H groups in total. The van der Waals surface area contributed by atoms with Gasteiger partial charge in [0.25, 0.3) is 5.92 Å². The van der Waals surface area contributed by atoms with Gasteiger partial charge in [-0.3, -0.25) is 0 Å². The lowest BCUT2D eigenvalue weighted by atomic mass is 10.3. The fourth-order valence-corrected chi connectivity index (χ4v) is 2.62. The smallest absolute Gasteiger partial charge is 0.273 e. The van der Waals surface area contributed by atoms with Crippen LogP contribution in [0.3, 0.4) is 0 Å². The van der Waals surface area contributed by atoms with Gasteiger partial charge >= 0.3 is 0 Å². The van der Waals surface area contributed by atoms with Gasteiger partial charge in [-0.15, -0.1) is 0 Å². The molecule has 0 fully saturated rings. The Kier molecular flexibility index (Phi) is 4.11. The number of hydrogen-bond donors (Lipinski definition) is 2. The number of nitrogens with one attached hydrogen (secondary N) is 1. The molecule has 0 amide bonds. The first-order valence-corrected chi connectivity index (χ1v) is 7.30. The molecular weight excluding hydrogens is 294 g/mol. The molecule has 0 spiro atoms. The second-order valence-corrected chi connectivity index (χ2v) is 5.96. The summed E-state index contributed by atoms with van der Waals surface area (Å²) in [6, 6.07) is 3.91. The molecule has 0 bridgehead atoms. The van der Waals surface area contributed by atoms with Gasteiger partial charge in [-0.1, -0.05) is 0 Å². The zero-order valence-electron chi connectivity index (χ0n) is 10.4. The molecule has 0 unspecified atom stereocenters. The summed E-state index contributed by atoms with van der Waals surface area (Å²) in [4.78, 5) is -0.172. The summed E-state index contributed by atoms with van der Waals surface area (Å²) in [6.45, 7) is -1.31. The molecule has 0 radical (unpaired) electrons. The number of alkyl halides is 2. The predicted octanol–water partition coefficient (Wildman–Crippen LogP) is 0.330. The Morgan fingerprint density at radius 3 is 2.55 bits per heavy atom. The van der Waals surface area contributed by atoms with Crippen molar-refractivity contribution in [1.29, 1.82) is 0 Å². The Balaban J connectivity index is 2.17. The van der Waals surface area contributed by atoms with Crippen LogP contribution in [0.2, 0.25) is 0 Å². The van der Waals surface area contributed by atoms with Crippen LogP contribution >= 0.6 is 0 Å². The summed E-state index contributed by atoms with van der Waals surface area (Å²) in [5, 5.41) is 0. The molecule has 0 aliphatic carbocycles. The molecule has 6 nitrogen and oxygen atoms in total. The van der Waals surface area contributed by atoms with Gasteiger partial charge in [0.15, 0.2) is 11.5 Å². The molecule has 1 aromatic carbocycles. The molecule has 112 valence electrons. The van der Waals surface area contributed by atoms with Gasteiger partial charge < -0.3 is 15.2 Å². The van der Waals surface area contributed by atoms with Gasteiger partial charge in [0.05, 0.1) is 18.0 Å². The Hall–Kier alpha value is -1.45. The largest absolute Gasteiger partial charge is 0.486 e. The van der Waals surface area contributed by atoms with Crippen LogP contribution in [0.1, 0.15) is 0 Å². The highest BCUT2D eigenvalue weighted by molar-refractivity contribution is 7.89. The van der Waals surface area contributed by atoms with Crippen molar-refractivity contribution in [3.63, 3.8) is 0 Å². The maximum atomic E-state index is 13.0. The molecule has 2 rings (SSSR count). The highest BCUT2D eigenvalue weighted by atomic mass is 32.2. The number of sulfonamides is 1. The molecular formula is C11H14F2N2O4S. The molecule has 20 heavy (non-hydrogen) atoms. The molecule has 1 aliphatic rings. The van der Waals surface area contributed by atoms with Gasteiger partial charge in [0.1, 0.15) is 13.2 Å². The highest BCUT2D eigenvalue weighted by Crippen LogP contribution is 2.32. The van der Waals surface area contributed by atoms with Crippen molar-refractivity contribution in [2.24, 2.45) is 5.73 Å². The lowest BCUT2D eigenvalue weighted by molar-refractivity contribution is 0.0170. The molecule has 0 atom stereocenters. The van der Waals surface area contributed by atoms with Crippen molar-refractivity contribution in [2.45, 2.75) is 10.8 Å². The Morgan fingerprint density at radius 1 is 1.25 bits per heavy atom. The van der Waals surface area contributed by atoms with Crippen LogP contribution in [-0.2, 0) is 10.0 Å². The SMILES string of the molecule is NCC(F)(F)CNS(=O)(=O)c1ccc2c(c1)OCCO2. The van der Waals surface area contributed by atoms with Crippen molar-refractivity contribution < 1.29 is 26.7 Å². The zero-order valence-corrected chi connectivity index (χ0v) is 11.3. The number of benzene rings is 1. The highest BCUT2D eigenvalue weighted by Gasteiger charge is 2.29. The third kappa shape index (κ3) is 3.35. The molecule has 1 aromatic rings. The summed E-state index contributed by atoms with van der Waals surface area (Å²) in [7, 11) is -4.06. The quantitative estimate of drug-likeness (QED) is 0.818. The second-order valence-electron chi connectivity index (χ2n) is 4.19. The van der Waals surface area contributed by atoms with Crippen LogP contribution in [0.15, 0.2) is 23.1 Å². The van der Waals surface area contributed by atoms with Crippen LogP contribution in [0, 0.1) is 0 Å². The summed E-state index contributed by atoms with van der Waals surface area (Å²) < 4.78 is 62.1. The number of rotatable bonds is 5. The third-order valence-corrected chi connectivity index (χ3v) is 4.04. The van der Waals surface area contributed by atoms with Gasteiger partial charge in [-0.25, -0.2) is 21.9 Å². The van der Waals surface area contributed by atoms with Crippen LogP contribution in [0.25, 0.3) is 0 Å². The number of ether oxygens (including phenoxy) is 2. The van der Waals surface area contributed by atoms with E-state index in [1.165, 1.54) is 18.2 Å². The van der Waals surface area contributed by atoms with E-state index in [1.807, 2.05) is 4.72 Å². The van der Waals surface area contributed by atoms with Crippen LogP contribution in [-0.4, -0.2) is 40.6 Å². The Morgan fingerprint density at radius 2 is 1.90 bits per heavy atom. The summed E-state index contributed by atoms with van der Waals surface area (Å²) in [5.41, 5.74) is 4.84. The van der Waals surface area contributed by atoms with Crippen molar-refractivity contribution >= 4 is 10.0 Å². The standard InChI is InChI=1S/C11H14F2N2O4S/c12-11(13,6-14)7-15-20(16,17)8-1-2-9-10(5-8)19-4-3-18-9/h1-2,5,15H,3-4,6-7,14H2. The second kappa shape index (κ2) is 5.51. The maximum Gasteiger partial charge on any atom is 0.273 e. The Bertz CT molecular complexity index is 592. The van der Waals surface area contributed by atoms with Crippen LogP contribution in [0.5, 0.6) is 11.5 Å². The van der Waals surface area contributed by atoms with E-state index in [9.17, 15) is 17.2 Å². The van der Waals surface area contributed by atoms with Crippen molar-refractivity contribution in [1.82, 2.24) is 4.72 Å². The summed E-state index contributed by atoms with van der Waals surface area (Å²) in [6.07, 6.45) is 0. The Labute approximate surface area is 114 Å². The normalized spacial score (nSPS) is 15.2. The third-order valence-electron chi connectivity index (χ3n) is 2.64. The van der Waals surface area contributed by atoms with E-state index in [2.05, 4.69) is 0 Å². The molecule has 1 aliphatic heterocycles. The summed E-state index contributed by atoms with van der Waals surface area (Å²) >= 11 is 0. The first-order chi connectivity index (χ1) is 9.34. The minimum Gasteiger partial charge on any atom is -0.486 e. The monoisotopic (exact) mass is 308 g/mol. The van der Waals surface area contributed by atoms with Crippen molar-refractivity contribution in [2.75, 3.05) is 26.3 Å². The summed E-state index contributed by atoms with van der Waals surface area (Å²) in [5.74, 6) is -2.60. The minimum atomic E-state index is -4.06. The topological polar surface area (TPSA) is 90.7 Å². The number of nitrogens with two attached hydrogens (primary N) is 1. The van der Waals surface area contributed by atoms with Gasteiger partial charge in [-0.2, -0.15) is 0 Å². The fraction of sp³-hybridized carbons (Fsp3) is 0.455. The first kappa shape index (κ1) is 14.9. The average Bonchev–Trinajstić information content (AvgIpc) is 2.45. The van der Waals surface area contributed by atoms with Gasteiger partial charge in [0, 0.05) is 6.07 Å². The van der Waals surface area contributed by atoms with E-state index in [-0.39, 0.29) is 10.6 Å². The molecule has 0 saturated heterocycles. The fourth-order valence-electron chi connectivity index (χ4n) is 1.55. The number of fused-ring (bicyclic) bond motifs is 1. The minimum absolute atomic E-state index is 0.172. The predicted molar refractivity (Wildman–Crippen MR) is 66.6 cm³/mol. The molecule has 9 heteroatoms. The molecule has 0 saturated carbocycles. The van der Waals surface area contributed by atoms with Crippen LogP contribution in [0.4, 0.5) is 8.78 Å². The van der Waals surface area contributed by atoms with Gasteiger partial charge in [-0.05, 0) is 12.1 Å². The van der Waals surface area contributed by atoms with E-state index >= 15 is 0 Å². The maximum absolute atomic E-state index is 13.0. The lowest BCUT2D eigenvalue weighted by Crippen LogP contribution is -2.41. The average molecular weight is 308 g/mol. The van der Waals surface area contributed by atoms with Crippen LogP contribution < -0.4 is 19.9 Å². The van der Waals surface area contributed by atoms with E-state index in [4.69, 9.17) is 15.2 Å². The van der Waals surface area contributed by atoms with Crippen molar-refractivity contribution in [3.05, 3.63) is 18.2 Å².